The summed E-state index contributed by atoms with van der Waals surface area (Å²) >= 11 is 0. The number of rotatable bonds is 1. The van der Waals surface area contributed by atoms with Gasteiger partial charge in [-0.2, -0.15) is 0 Å². The molecule has 0 unspecified atom stereocenters. The van der Waals surface area contributed by atoms with Gasteiger partial charge in [0, 0.05) is 0 Å². The van der Waals surface area contributed by atoms with E-state index >= 15 is 0 Å². The number of nitrogens with zero attached hydrogens (tertiary/aromatic N) is 1. The molecular weight excluding hydrogens is 398 g/mol. The van der Waals surface area contributed by atoms with Crippen LogP contribution < -0.4 is 0 Å². The van der Waals surface area contributed by atoms with Gasteiger partial charge in [0.05, 0.1) is 19.2 Å². The Morgan fingerprint density at radius 3 is 2.29 bits per heavy atom. The normalized spacial score (nSPS) is 34.0. The molecule has 1 aliphatic carbocycles. The van der Waals surface area contributed by atoms with Gasteiger partial charge in [-0.3, -0.25) is 4.79 Å². The lowest BCUT2D eigenvalue weighted by Gasteiger charge is -2.50. The van der Waals surface area contributed by atoms with Crippen molar-refractivity contribution in [3.63, 3.8) is 0 Å². The van der Waals surface area contributed by atoms with Crippen LogP contribution in [-0.2, 0) is 23.7 Å². The van der Waals surface area contributed by atoms with E-state index in [-0.39, 0.29) is 37.8 Å². The van der Waals surface area contributed by atoms with Gasteiger partial charge in [0.15, 0.2) is 5.79 Å². The van der Waals surface area contributed by atoms with E-state index in [0.717, 1.165) is 22.3 Å². The number of benzene rings is 2. The summed E-state index contributed by atoms with van der Waals surface area (Å²) in [5.41, 5.74) is 4.38. The third-order valence-corrected chi connectivity index (χ3v) is 6.74. The van der Waals surface area contributed by atoms with Gasteiger partial charge in [-0.05, 0) is 36.1 Å². The molecule has 0 bridgehead atoms. The van der Waals surface area contributed by atoms with E-state index in [0.29, 0.717) is 0 Å². The van der Waals surface area contributed by atoms with Gasteiger partial charge < -0.3 is 29.0 Å². The summed E-state index contributed by atoms with van der Waals surface area (Å²) in [6, 6.07) is 16.0. The molecule has 162 valence electrons. The molecule has 31 heavy (non-hydrogen) atoms. The number of carbonyl (C=O) groups excluding carboxylic acids is 1. The van der Waals surface area contributed by atoms with Crippen LogP contribution >= 0.6 is 0 Å². The number of carbonyl (C=O) groups is 1. The average Bonchev–Trinajstić information content (AvgIpc) is 3.27. The first-order chi connectivity index (χ1) is 14.9. The van der Waals surface area contributed by atoms with Crippen LogP contribution in [0.1, 0.15) is 31.0 Å². The molecule has 3 aliphatic heterocycles. The highest BCUT2D eigenvalue weighted by atomic mass is 16.8. The number of hydrogen-bond acceptors (Lipinski definition) is 6. The van der Waals surface area contributed by atoms with Crippen molar-refractivity contribution < 1.29 is 28.8 Å². The number of amides is 1. The zero-order chi connectivity index (χ0) is 21.4. The molecule has 3 heterocycles. The molecule has 7 heteroatoms. The van der Waals surface area contributed by atoms with Gasteiger partial charge in [0.2, 0.25) is 11.7 Å². The predicted octanol–water partition coefficient (Wildman–Crippen LogP) is 2.22. The van der Waals surface area contributed by atoms with E-state index in [1.807, 2.05) is 38.1 Å². The van der Waals surface area contributed by atoms with Gasteiger partial charge in [0.1, 0.15) is 24.9 Å². The maximum Gasteiger partial charge on any atom is 0.249 e. The van der Waals surface area contributed by atoms with Crippen LogP contribution in [0.5, 0.6) is 0 Å². The molecule has 2 aromatic carbocycles. The van der Waals surface area contributed by atoms with Crippen molar-refractivity contribution >= 4 is 5.91 Å². The monoisotopic (exact) mass is 423 g/mol. The largest absolute Gasteiger partial charge is 0.385 e. The Bertz CT molecular complexity index is 1010. The second-order valence-corrected chi connectivity index (χ2v) is 9.09. The zero-order valence-corrected chi connectivity index (χ0v) is 17.5. The molecule has 0 saturated carbocycles. The fourth-order valence-electron chi connectivity index (χ4n) is 5.42. The van der Waals surface area contributed by atoms with Gasteiger partial charge in [-0.25, -0.2) is 0 Å². The van der Waals surface area contributed by atoms with Crippen LogP contribution in [0.25, 0.3) is 11.1 Å². The van der Waals surface area contributed by atoms with E-state index in [9.17, 15) is 9.90 Å². The smallest absolute Gasteiger partial charge is 0.249 e. The van der Waals surface area contributed by atoms with Gasteiger partial charge in [0.25, 0.3) is 0 Å². The molecule has 0 radical (unpaired) electrons. The first kappa shape index (κ1) is 19.4. The Kier molecular flexibility index (Phi) is 4.13. The molecule has 3 saturated heterocycles. The second-order valence-electron chi connectivity index (χ2n) is 9.09. The van der Waals surface area contributed by atoms with Crippen molar-refractivity contribution in [3.05, 3.63) is 59.7 Å². The summed E-state index contributed by atoms with van der Waals surface area (Å²) in [7, 11) is 0. The lowest BCUT2D eigenvalue weighted by Crippen LogP contribution is -2.68. The summed E-state index contributed by atoms with van der Waals surface area (Å²) in [5, 5.41) is 11.2. The number of aliphatic hydroxyl groups is 1. The van der Waals surface area contributed by atoms with Gasteiger partial charge in [-0.1, -0.05) is 48.5 Å². The Morgan fingerprint density at radius 1 is 0.968 bits per heavy atom. The molecule has 3 fully saturated rings. The van der Waals surface area contributed by atoms with Gasteiger partial charge >= 0.3 is 0 Å². The lowest BCUT2D eigenvalue weighted by atomic mass is 9.93. The number of ether oxygens (including phenoxy) is 4. The highest BCUT2D eigenvalue weighted by Crippen LogP contribution is 2.48. The zero-order valence-electron chi connectivity index (χ0n) is 17.5. The minimum absolute atomic E-state index is 0.105. The Balaban J connectivity index is 1.37. The first-order valence-corrected chi connectivity index (χ1v) is 10.7. The van der Waals surface area contributed by atoms with Crippen molar-refractivity contribution in [1.82, 2.24) is 4.90 Å². The Labute approximate surface area is 180 Å². The summed E-state index contributed by atoms with van der Waals surface area (Å²) in [4.78, 5) is 14.8. The Hall–Kier alpha value is -2.29. The molecule has 4 aliphatic rings. The number of fused-ring (bicyclic) bond motifs is 4. The van der Waals surface area contributed by atoms with Crippen LogP contribution in [-0.4, -0.2) is 65.6 Å². The van der Waals surface area contributed by atoms with Crippen molar-refractivity contribution in [2.45, 2.75) is 49.8 Å². The molecule has 0 aromatic heterocycles. The van der Waals surface area contributed by atoms with Crippen molar-refractivity contribution in [1.29, 1.82) is 0 Å². The number of morpholine rings is 1. The fourth-order valence-corrected chi connectivity index (χ4v) is 5.42. The van der Waals surface area contributed by atoms with E-state index in [2.05, 4.69) is 24.3 Å². The molecule has 2 aromatic rings. The second kappa shape index (κ2) is 6.60. The third kappa shape index (κ3) is 2.81. The third-order valence-electron chi connectivity index (χ3n) is 6.74. The lowest BCUT2D eigenvalue weighted by molar-refractivity contribution is -0.338. The Morgan fingerprint density at radius 2 is 1.61 bits per heavy atom. The maximum atomic E-state index is 13.1. The highest BCUT2D eigenvalue weighted by Gasteiger charge is 2.60. The number of aliphatic hydroxyl groups excluding tert-OH is 1. The molecular formula is C24H25NO6. The maximum absolute atomic E-state index is 13.1. The molecule has 7 nitrogen and oxygen atoms in total. The minimum atomic E-state index is -1.36. The van der Waals surface area contributed by atoms with Crippen molar-refractivity contribution in [3.8, 4) is 11.1 Å². The SMILES string of the molecule is CC1(C)O[C@@H]2[C@@H](CO[C@]3(CN(C4c5ccccc5-c5ccccc54)C(=O)CO3)[C@H]2O)O1. The first-order valence-electron chi connectivity index (χ1n) is 10.7. The van der Waals surface area contributed by atoms with E-state index < -0.39 is 23.8 Å². The summed E-state index contributed by atoms with van der Waals surface area (Å²) in [6.45, 7) is 3.79. The van der Waals surface area contributed by atoms with E-state index in [1.165, 1.54) is 0 Å². The van der Waals surface area contributed by atoms with Crippen molar-refractivity contribution in [2.75, 3.05) is 19.8 Å². The standard InChI is InChI=1S/C24H25NO6/c1-23(2)30-18-11-28-24(22(27)21(18)31-23)13-25(19(26)12-29-24)20-16-9-5-3-7-14(16)15-8-4-6-10-17(15)20/h3-10,18,20-22,27H,11-13H2,1-2H3/t18-,21-,22+,24+/m1/s1. The summed E-state index contributed by atoms with van der Waals surface area (Å²) in [6.07, 6.45) is -2.05. The molecule has 6 rings (SSSR count). The summed E-state index contributed by atoms with van der Waals surface area (Å²) in [5.74, 6) is -2.30. The molecule has 1 N–H and O–H groups in total. The molecule has 1 spiro atoms. The fraction of sp³-hybridized carbons (Fsp3) is 0.458. The number of hydrogen-bond donors (Lipinski definition) is 1. The van der Waals surface area contributed by atoms with Crippen LogP contribution in [0.4, 0.5) is 0 Å². The molecule has 4 atom stereocenters. The van der Waals surface area contributed by atoms with Gasteiger partial charge in [-0.15, -0.1) is 0 Å². The average molecular weight is 423 g/mol. The summed E-state index contributed by atoms with van der Waals surface area (Å²) < 4.78 is 23.8. The molecule has 1 amide bonds. The van der Waals surface area contributed by atoms with Crippen LogP contribution in [0.3, 0.4) is 0 Å². The van der Waals surface area contributed by atoms with Crippen LogP contribution in [0, 0.1) is 0 Å². The predicted molar refractivity (Wildman–Crippen MR) is 110 cm³/mol. The highest BCUT2D eigenvalue weighted by molar-refractivity contribution is 5.84. The van der Waals surface area contributed by atoms with Crippen LogP contribution in [0.2, 0.25) is 0 Å². The quantitative estimate of drug-likeness (QED) is 0.758. The van der Waals surface area contributed by atoms with E-state index in [1.54, 1.807) is 4.90 Å². The van der Waals surface area contributed by atoms with Crippen LogP contribution in [0.15, 0.2) is 48.5 Å². The minimum Gasteiger partial charge on any atom is -0.385 e. The van der Waals surface area contributed by atoms with E-state index in [4.69, 9.17) is 18.9 Å². The topological polar surface area (TPSA) is 77.5 Å². The van der Waals surface area contributed by atoms with Crippen molar-refractivity contribution in [2.24, 2.45) is 0 Å².